The van der Waals surface area contributed by atoms with Gasteiger partial charge in [-0.3, -0.25) is 0 Å². The van der Waals surface area contributed by atoms with E-state index < -0.39 is 16.1 Å². The van der Waals surface area contributed by atoms with Crippen molar-refractivity contribution >= 4 is 16.1 Å². The molecule has 1 atom stereocenters. The van der Waals surface area contributed by atoms with Crippen LogP contribution in [-0.2, 0) is 10.0 Å². The fourth-order valence-corrected chi connectivity index (χ4v) is 3.80. The second-order valence-electron chi connectivity index (χ2n) is 6.09. The van der Waals surface area contributed by atoms with Crippen molar-refractivity contribution in [3.8, 4) is 0 Å². The first-order valence-electron chi connectivity index (χ1n) is 8.42. The highest BCUT2D eigenvalue weighted by atomic mass is 32.2. The van der Waals surface area contributed by atoms with Crippen LogP contribution in [-0.4, -0.2) is 8.42 Å². The summed E-state index contributed by atoms with van der Waals surface area (Å²) in [5.41, 5.74) is 3.04. The van der Waals surface area contributed by atoms with Crippen molar-refractivity contribution in [2.45, 2.75) is 17.9 Å². The number of aryl methyl sites for hydroxylation is 1. The zero-order chi connectivity index (χ0) is 18.4. The molecule has 3 rings (SSSR count). The van der Waals surface area contributed by atoms with E-state index in [2.05, 4.69) is 4.72 Å². The average molecular weight is 363 g/mol. The van der Waals surface area contributed by atoms with Crippen LogP contribution in [0.3, 0.4) is 0 Å². The van der Waals surface area contributed by atoms with Gasteiger partial charge in [0.25, 0.3) is 0 Å². The topological polar surface area (TPSA) is 46.2 Å². The molecule has 0 bridgehead atoms. The molecule has 132 valence electrons. The number of hydrogen-bond acceptors (Lipinski definition) is 2. The molecule has 0 heterocycles. The molecule has 0 spiro atoms. The van der Waals surface area contributed by atoms with E-state index in [4.69, 9.17) is 0 Å². The summed E-state index contributed by atoms with van der Waals surface area (Å²) in [6.45, 7) is 2.01. The molecule has 0 amide bonds. The molecule has 0 aliphatic heterocycles. The van der Waals surface area contributed by atoms with Crippen LogP contribution in [0.5, 0.6) is 0 Å². The summed E-state index contributed by atoms with van der Waals surface area (Å²) in [6, 6.07) is 25.6. The van der Waals surface area contributed by atoms with Gasteiger partial charge in [-0.1, -0.05) is 90.5 Å². The molecule has 4 heteroatoms. The number of sulfonamides is 1. The lowest BCUT2D eigenvalue weighted by molar-refractivity contribution is 0.574. The molecule has 1 N–H and O–H groups in total. The molecule has 0 saturated carbocycles. The fourth-order valence-electron chi connectivity index (χ4n) is 2.60. The quantitative estimate of drug-likeness (QED) is 0.688. The first-order valence-corrected chi connectivity index (χ1v) is 9.90. The van der Waals surface area contributed by atoms with Gasteiger partial charge in [-0.15, -0.1) is 0 Å². The van der Waals surface area contributed by atoms with Gasteiger partial charge in [0.05, 0.1) is 10.9 Å². The van der Waals surface area contributed by atoms with Crippen molar-refractivity contribution in [2.24, 2.45) is 0 Å². The van der Waals surface area contributed by atoms with Crippen molar-refractivity contribution in [3.63, 3.8) is 0 Å². The lowest BCUT2D eigenvalue weighted by Gasteiger charge is -2.16. The predicted molar refractivity (Wildman–Crippen MR) is 106 cm³/mol. The number of benzene rings is 3. The molecule has 0 aromatic heterocycles. The molecule has 0 radical (unpaired) electrons. The summed E-state index contributed by atoms with van der Waals surface area (Å²) in [5.74, 6) is 0. The molecule has 3 aromatic carbocycles. The lowest BCUT2D eigenvalue weighted by Crippen LogP contribution is -2.27. The number of hydrogen-bond donors (Lipinski definition) is 1. The molecule has 26 heavy (non-hydrogen) atoms. The van der Waals surface area contributed by atoms with Crippen LogP contribution in [0.25, 0.3) is 6.08 Å². The third-order valence-corrected chi connectivity index (χ3v) is 5.51. The highest BCUT2D eigenvalue weighted by Gasteiger charge is 2.19. The van der Waals surface area contributed by atoms with E-state index in [0.717, 1.165) is 16.7 Å². The smallest absolute Gasteiger partial charge is 0.207 e. The van der Waals surface area contributed by atoms with Crippen molar-refractivity contribution in [3.05, 3.63) is 108 Å². The minimum atomic E-state index is -3.62. The molecule has 0 fully saturated rings. The van der Waals surface area contributed by atoms with Crippen LogP contribution >= 0.6 is 0 Å². The maximum absolute atomic E-state index is 12.7. The Labute approximate surface area is 155 Å². The zero-order valence-electron chi connectivity index (χ0n) is 14.5. The van der Waals surface area contributed by atoms with E-state index >= 15 is 0 Å². The molecule has 0 aliphatic rings. The molecule has 3 nitrogen and oxygen atoms in total. The van der Waals surface area contributed by atoms with Crippen LogP contribution in [0.4, 0.5) is 0 Å². The average Bonchev–Trinajstić information content (AvgIpc) is 2.67. The Bertz CT molecular complexity index is 964. The first kappa shape index (κ1) is 18.1. The second kappa shape index (κ2) is 8.13. The second-order valence-corrected chi connectivity index (χ2v) is 7.81. The third kappa shape index (κ3) is 4.69. The third-order valence-electron chi connectivity index (χ3n) is 4.05. The number of nitrogens with one attached hydrogen (secondary N) is 1. The van der Waals surface area contributed by atoms with Crippen molar-refractivity contribution in [1.29, 1.82) is 0 Å². The van der Waals surface area contributed by atoms with Crippen LogP contribution in [0.15, 0.2) is 95.9 Å². The van der Waals surface area contributed by atoms with E-state index in [9.17, 15) is 8.42 Å². The Morgan fingerprint density at radius 2 is 1.38 bits per heavy atom. The minimum absolute atomic E-state index is 0.255. The van der Waals surface area contributed by atoms with E-state index in [0.29, 0.717) is 0 Å². The predicted octanol–water partition coefficient (Wildman–Crippen LogP) is 4.73. The molecule has 0 saturated heterocycles. The summed E-state index contributed by atoms with van der Waals surface area (Å²) in [4.78, 5) is 0.255. The molecule has 0 aliphatic carbocycles. The summed E-state index contributed by atoms with van der Waals surface area (Å²) in [6.07, 6.45) is 3.80. The van der Waals surface area contributed by atoms with E-state index in [1.807, 2.05) is 73.7 Å². The molecule has 1 unspecified atom stereocenters. The minimum Gasteiger partial charge on any atom is -0.207 e. The Morgan fingerprint density at radius 3 is 2.00 bits per heavy atom. The molecular formula is C22H21NO2S. The van der Waals surface area contributed by atoms with Gasteiger partial charge in [-0.25, -0.2) is 8.42 Å². The molecule has 3 aromatic rings. The van der Waals surface area contributed by atoms with Gasteiger partial charge in [-0.05, 0) is 30.2 Å². The Kier molecular flexibility index (Phi) is 5.66. The number of rotatable bonds is 6. The van der Waals surface area contributed by atoms with Gasteiger partial charge in [0, 0.05) is 0 Å². The van der Waals surface area contributed by atoms with Crippen LogP contribution in [0.1, 0.15) is 22.7 Å². The molecular weight excluding hydrogens is 342 g/mol. The summed E-state index contributed by atoms with van der Waals surface area (Å²) in [7, 11) is -3.62. The summed E-state index contributed by atoms with van der Waals surface area (Å²) in [5, 5.41) is 0. The summed E-state index contributed by atoms with van der Waals surface area (Å²) < 4.78 is 28.3. The maximum Gasteiger partial charge on any atom is 0.241 e. The maximum atomic E-state index is 12.7. The summed E-state index contributed by atoms with van der Waals surface area (Å²) >= 11 is 0. The van der Waals surface area contributed by atoms with Gasteiger partial charge in [-0.2, -0.15) is 4.72 Å². The van der Waals surface area contributed by atoms with Crippen molar-refractivity contribution in [2.75, 3.05) is 0 Å². The lowest BCUT2D eigenvalue weighted by atomic mass is 10.0. The van der Waals surface area contributed by atoms with Crippen LogP contribution in [0.2, 0.25) is 0 Å². The normalized spacial score (nSPS) is 13.0. The fraction of sp³-hybridized carbons (Fsp3) is 0.0909. The van der Waals surface area contributed by atoms with Gasteiger partial charge in [0.1, 0.15) is 0 Å². The van der Waals surface area contributed by atoms with Gasteiger partial charge >= 0.3 is 0 Å². The highest BCUT2D eigenvalue weighted by molar-refractivity contribution is 7.89. The van der Waals surface area contributed by atoms with E-state index in [1.54, 1.807) is 30.3 Å². The Morgan fingerprint density at radius 1 is 0.808 bits per heavy atom. The first-order chi connectivity index (χ1) is 12.5. The zero-order valence-corrected chi connectivity index (χ0v) is 15.4. The SMILES string of the molecule is Cc1ccc(C(/C=C/c2ccccc2)NS(=O)(=O)c2ccccc2)cc1. The van der Waals surface area contributed by atoms with Gasteiger partial charge < -0.3 is 0 Å². The van der Waals surface area contributed by atoms with Gasteiger partial charge in [0.2, 0.25) is 10.0 Å². The Balaban J connectivity index is 1.92. The van der Waals surface area contributed by atoms with Crippen molar-refractivity contribution < 1.29 is 8.42 Å². The van der Waals surface area contributed by atoms with Crippen LogP contribution < -0.4 is 4.72 Å². The Hall–Kier alpha value is -2.69. The van der Waals surface area contributed by atoms with Gasteiger partial charge in [0.15, 0.2) is 0 Å². The van der Waals surface area contributed by atoms with E-state index in [-0.39, 0.29) is 4.90 Å². The highest BCUT2D eigenvalue weighted by Crippen LogP contribution is 2.20. The monoisotopic (exact) mass is 363 g/mol. The van der Waals surface area contributed by atoms with Crippen molar-refractivity contribution in [1.82, 2.24) is 4.72 Å². The van der Waals surface area contributed by atoms with E-state index in [1.165, 1.54) is 0 Å². The van der Waals surface area contributed by atoms with Crippen LogP contribution in [0, 0.1) is 6.92 Å². The largest absolute Gasteiger partial charge is 0.241 e. The standard InChI is InChI=1S/C22H21NO2S/c1-18-12-15-20(16-13-18)22(17-14-19-8-4-2-5-9-19)23-26(24,25)21-10-6-3-7-11-21/h2-17,22-23H,1H3/b17-14+.